The van der Waals surface area contributed by atoms with Crippen LogP contribution in [0.5, 0.6) is 0 Å². The summed E-state index contributed by atoms with van der Waals surface area (Å²) < 4.78 is 0. The lowest BCUT2D eigenvalue weighted by atomic mass is 9.87. The van der Waals surface area contributed by atoms with Gasteiger partial charge in [0.15, 0.2) is 11.6 Å². The zero-order valence-corrected chi connectivity index (χ0v) is 16.7. The number of rotatable bonds is 4. The van der Waals surface area contributed by atoms with Crippen LogP contribution in [0.4, 0.5) is 17.5 Å². The molecule has 4 rings (SSSR count). The van der Waals surface area contributed by atoms with Crippen molar-refractivity contribution in [2.24, 2.45) is 5.92 Å². The quantitative estimate of drug-likeness (QED) is 0.851. The molecule has 2 aromatic rings. The maximum atomic E-state index is 12.7. The zero-order chi connectivity index (χ0) is 20.2. The van der Waals surface area contributed by atoms with E-state index in [0.717, 1.165) is 30.4 Å². The van der Waals surface area contributed by atoms with Gasteiger partial charge in [-0.15, -0.1) is 10.2 Å². The molecule has 0 unspecified atom stereocenters. The second-order valence-electron chi connectivity index (χ2n) is 7.69. The van der Waals surface area contributed by atoms with E-state index in [0.29, 0.717) is 44.6 Å². The van der Waals surface area contributed by atoms with Crippen molar-refractivity contribution in [3.05, 3.63) is 36.0 Å². The predicted molar refractivity (Wildman–Crippen MR) is 110 cm³/mol. The molecule has 0 bridgehead atoms. The van der Waals surface area contributed by atoms with Crippen LogP contribution < -0.4 is 10.2 Å². The maximum absolute atomic E-state index is 12.7. The van der Waals surface area contributed by atoms with Gasteiger partial charge in [0.05, 0.1) is 0 Å². The first-order chi connectivity index (χ1) is 14.1. The Kier molecular flexibility index (Phi) is 5.69. The monoisotopic (exact) mass is 394 g/mol. The molecule has 0 atom stereocenters. The van der Waals surface area contributed by atoms with Gasteiger partial charge < -0.3 is 15.1 Å². The molecule has 2 aliphatic rings. The van der Waals surface area contributed by atoms with Crippen molar-refractivity contribution in [1.82, 2.24) is 20.1 Å². The number of Topliss-reactive ketones (excluding diaryl/α,β-unsaturated/α-hetero) is 1. The molecular weight excluding hydrogens is 368 g/mol. The summed E-state index contributed by atoms with van der Waals surface area (Å²) in [7, 11) is 0. The Morgan fingerprint density at radius 2 is 1.76 bits per heavy atom. The topological polar surface area (TPSA) is 91.3 Å². The van der Waals surface area contributed by atoms with Gasteiger partial charge in [0.2, 0.25) is 5.91 Å². The van der Waals surface area contributed by atoms with Crippen LogP contribution in [0.15, 0.2) is 30.3 Å². The molecule has 0 aromatic carbocycles. The van der Waals surface area contributed by atoms with Gasteiger partial charge in [0, 0.05) is 50.6 Å². The number of hydrogen-bond donors (Lipinski definition) is 1. The number of hydrogen-bond acceptors (Lipinski definition) is 7. The van der Waals surface area contributed by atoms with Crippen LogP contribution >= 0.6 is 0 Å². The molecule has 1 saturated carbocycles. The molecule has 0 radical (unpaired) electrons. The highest BCUT2D eigenvalue weighted by Crippen LogP contribution is 2.24. The number of piperazine rings is 1. The number of anilines is 3. The number of ketones is 1. The number of amides is 1. The molecule has 1 amide bonds. The molecule has 0 spiro atoms. The molecular formula is C21H26N6O2. The van der Waals surface area contributed by atoms with Gasteiger partial charge in [0.1, 0.15) is 11.6 Å². The minimum atomic E-state index is 0.0135. The van der Waals surface area contributed by atoms with E-state index in [1.54, 1.807) is 0 Å². The molecule has 152 valence electrons. The van der Waals surface area contributed by atoms with E-state index in [2.05, 4.69) is 25.4 Å². The first-order valence-corrected chi connectivity index (χ1v) is 10.2. The predicted octanol–water partition coefficient (Wildman–Crippen LogP) is 2.33. The van der Waals surface area contributed by atoms with Crippen LogP contribution in [0, 0.1) is 12.8 Å². The number of carbonyl (C=O) groups is 2. The highest BCUT2D eigenvalue weighted by Gasteiger charge is 2.30. The average Bonchev–Trinajstić information content (AvgIpc) is 2.75. The standard InChI is InChI=1S/C21H26N6O2/c1-15-3-2-4-18(22-15)23-19-9-10-20(25-24-19)26-11-13-27(14-12-26)21(29)16-5-7-17(28)8-6-16/h2-4,9-10,16H,5-8,11-14H2,1H3,(H,22,23,24). The van der Waals surface area contributed by atoms with Crippen molar-refractivity contribution in [3.63, 3.8) is 0 Å². The Morgan fingerprint density at radius 1 is 1.00 bits per heavy atom. The average molecular weight is 394 g/mol. The van der Waals surface area contributed by atoms with Gasteiger partial charge in [-0.05, 0) is 44.0 Å². The molecule has 1 aliphatic heterocycles. The lowest BCUT2D eigenvalue weighted by molar-refractivity contribution is -0.137. The van der Waals surface area contributed by atoms with Crippen molar-refractivity contribution >= 4 is 29.1 Å². The second-order valence-corrected chi connectivity index (χ2v) is 7.69. The highest BCUT2D eigenvalue weighted by atomic mass is 16.2. The van der Waals surface area contributed by atoms with Crippen LogP contribution in [0.1, 0.15) is 31.4 Å². The molecule has 2 aromatic heterocycles. The molecule has 8 nitrogen and oxygen atoms in total. The zero-order valence-electron chi connectivity index (χ0n) is 16.7. The molecule has 1 saturated heterocycles. The fourth-order valence-corrected chi connectivity index (χ4v) is 3.91. The summed E-state index contributed by atoms with van der Waals surface area (Å²) in [6, 6.07) is 9.61. The first kappa shape index (κ1) is 19.3. The van der Waals surface area contributed by atoms with Gasteiger partial charge in [-0.2, -0.15) is 0 Å². The van der Waals surface area contributed by atoms with Crippen LogP contribution in [-0.2, 0) is 9.59 Å². The second kappa shape index (κ2) is 8.55. The van der Waals surface area contributed by atoms with Gasteiger partial charge in [0.25, 0.3) is 0 Å². The molecule has 1 aliphatic carbocycles. The number of nitrogens with one attached hydrogen (secondary N) is 1. The summed E-state index contributed by atoms with van der Waals surface area (Å²) in [5.74, 6) is 2.70. The van der Waals surface area contributed by atoms with Crippen LogP contribution in [0.2, 0.25) is 0 Å². The highest BCUT2D eigenvalue weighted by molar-refractivity contribution is 5.84. The minimum Gasteiger partial charge on any atom is -0.352 e. The van der Waals surface area contributed by atoms with E-state index < -0.39 is 0 Å². The third-order valence-corrected chi connectivity index (χ3v) is 5.60. The minimum absolute atomic E-state index is 0.0135. The van der Waals surface area contributed by atoms with Crippen molar-refractivity contribution in [1.29, 1.82) is 0 Å². The molecule has 1 N–H and O–H groups in total. The van der Waals surface area contributed by atoms with Gasteiger partial charge in [-0.25, -0.2) is 4.98 Å². The maximum Gasteiger partial charge on any atom is 0.225 e. The number of nitrogens with zero attached hydrogens (tertiary/aromatic N) is 5. The molecule has 3 heterocycles. The van der Waals surface area contributed by atoms with Crippen molar-refractivity contribution in [2.75, 3.05) is 36.4 Å². The molecule has 2 fully saturated rings. The summed E-state index contributed by atoms with van der Waals surface area (Å²) in [6.45, 7) is 4.77. The fraction of sp³-hybridized carbons (Fsp3) is 0.476. The number of aryl methyl sites for hydroxylation is 1. The third kappa shape index (κ3) is 4.70. The lowest BCUT2D eigenvalue weighted by Gasteiger charge is -2.37. The Hall–Kier alpha value is -3.03. The third-order valence-electron chi connectivity index (χ3n) is 5.60. The van der Waals surface area contributed by atoms with Gasteiger partial charge >= 0.3 is 0 Å². The lowest BCUT2D eigenvalue weighted by Crippen LogP contribution is -2.51. The van der Waals surface area contributed by atoms with Crippen LogP contribution in [0.25, 0.3) is 0 Å². The van der Waals surface area contributed by atoms with E-state index in [4.69, 9.17) is 0 Å². The smallest absolute Gasteiger partial charge is 0.225 e. The Balaban J connectivity index is 1.30. The van der Waals surface area contributed by atoms with Crippen molar-refractivity contribution < 1.29 is 9.59 Å². The van der Waals surface area contributed by atoms with Crippen LogP contribution in [-0.4, -0.2) is 58.0 Å². The number of pyridine rings is 1. The summed E-state index contributed by atoms with van der Waals surface area (Å²) in [5, 5.41) is 11.7. The summed E-state index contributed by atoms with van der Waals surface area (Å²) in [6.07, 6.45) is 2.50. The van der Waals surface area contributed by atoms with Gasteiger partial charge in [-0.1, -0.05) is 6.07 Å². The first-order valence-electron chi connectivity index (χ1n) is 10.2. The Bertz CT molecular complexity index is 867. The number of aromatic nitrogens is 3. The summed E-state index contributed by atoms with van der Waals surface area (Å²) >= 11 is 0. The normalized spacial score (nSPS) is 18.0. The summed E-state index contributed by atoms with van der Waals surface area (Å²) in [5.41, 5.74) is 0.937. The number of carbonyl (C=O) groups excluding carboxylic acids is 2. The van der Waals surface area contributed by atoms with E-state index in [1.807, 2.05) is 42.2 Å². The van der Waals surface area contributed by atoms with Crippen molar-refractivity contribution in [3.8, 4) is 0 Å². The largest absolute Gasteiger partial charge is 0.352 e. The Morgan fingerprint density at radius 3 is 2.41 bits per heavy atom. The van der Waals surface area contributed by atoms with Crippen LogP contribution in [0.3, 0.4) is 0 Å². The molecule has 8 heteroatoms. The fourth-order valence-electron chi connectivity index (χ4n) is 3.91. The van der Waals surface area contributed by atoms with Gasteiger partial charge in [-0.3, -0.25) is 9.59 Å². The molecule has 29 heavy (non-hydrogen) atoms. The SMILES string of the molecule is Cc1cccc(Nc2ccc(N3CCN(C(=O)C4CCC(=O)CC4)CC3)nn2)n1. The van der Waals surface area contributed by atoms with Crippen molar-refractivity contribution in [2.45, 2.75) is 32.6 Å². The Labute approximate surface area is 170 Å². The summed E-state index contributed by atoms with van der Waals surface area (Å²) in [4.78, 5) is 32.6. The van der Waals surface area contributed by atoms with E-state index in [-0.39, 0.29) is 17.6 Å². The van der Waals surface area contributed by atoms with E-state index >= 15 is 0 Å². The van der Waals surface area contributed by atoms with E-state index in [9.17, 15) is 9.59 Å². The van der Waals surface area contributed by atoms with E-state index in [1.165, 1.54) is 0 Å².